The van der Waals surface area contributed by atoms with Gasteiger partial charge >= 0.3 is 0 Å². The molecule has 1 atom stereocenters. The van der Waals surface area contributed by atoms with E-state index in [1.165, 1.54) is 6.42 Å². The molecule has 0 bridgehead atoms. The summed E-state index contributed by atoms with van der Waals surface area (Å²) in [7, 11) is 3.20. The maximum atomic E-state index is 12.7. The second-order valence-corrected chi connectivity index (χ2v) is 7.05. The highest BCUT2D eigenvalue weighted by Crippen LogP contribution is 2.26. The molecule has 2 amide bonds. The zero-order chi connectivity index (χ0) is 19.9. The van der Waals surface area contributed by atoms with Crippen molar-refractivity contribution < 1.29 is 19.9 Å². The number of nitrogens with two attached hydrogens (primary N) is 1. The molecule has 0 radical (unpaired) electrons. The second kappa shape index (κ2) is 9.48. The van der Waals surface area contributed by atoms with Crippen molar-refractivity contribution in [1.29, 1.82) is 0 Å². The summed E-state index contributed by atoms with van der Waals surface area (Å²) in [5.41, 5.74) is 3.72. The first-order valence-electron chi connectivity index (χ1n) is 9.67. The molecule has 1 fully saturated rings. The van der Waals surface area contributed by atoms with E-state index in [-0.39, 0.29) is 23.4 Å². The molecule has 0 unspecified atom stereocenters. The van der Waals surface area contributed by atoms with Crippen LogP contribution in [0.2, 0.25) is 0 Å². The Kier molecular flexibility index (Phi) is 6.78. The fourth-order valence-corrected chi connectivity index (χ4v) is 3.67. The van der Waals surface area contributed by atoms with Crippen molar-refractivity contribution in [3.05, 3.63) is 42.2 Å². The summed E-state index contributed by atoms with van der Waals surface area (Å²) in [6.45, 7) is 0. The highest BCUT2D eigenvalue weighted by atomic mass is 16.6. The van der Waals surface area contributed by atoms with Gasteiger partial charge in [-0.15, -0.1) is 0 Å². The number of hydrogen-bond donors (Lipinski definition) is 3. The smallest absolute Gasteiger partial charge is 0.272 e. The summed E-state index contributed by atoms with van der Waals surface area (Å²) in [6, 6.07) is 8.75. The molecular weight excluding hydrogens is 358 g/mol. The van der Waals surface area contributed by atoms with Crippen molar-refractivity contribution in [3.63, 3.8) is 0 Å². The Morgan fingerprint density at radius 2 is 1.89 bits per heavy atom. The third-order valence-electron chi connectivity index (χ3n) is 5.17. The van der Waals surface area contributed by atoms with Gasteiger partial charge in [-0.2, -0.15) is 10.6 Å². The Morgan fingerprint density at radius 3 is 2.54 bits per heavy atom. The van der Waals surface area contributed by atoms with Crippen LogP contribution < -0.4 is 16.1 Å². The molecule has 1 heterocycles. The van der Waals surface area contributed by atoms with Crippen LogP contribution in [0.4, 0.5) is 5.69 Å². The Bertz CT molecular complexity index is 796. The number of benzene rings is 1. The van der Waals surface area contributed by atoms with Gasteiger partial charge in [0, 0.05) is 25.4 Å². The minimum atomic E-state index is -0.521. The average Bonchev–Trinajstić information content (AvgIpc) is 3.23. The minimum absolute atomic E-state index is 0.148. The Hall–Kier alpha value is -2.71. The predicted octanol–water partition coefficient (Wildman–Crippen LogP) is 1.05. The van der Waals surface area contributed by atoms with Crippen molar-refractivity contribution in [3.8, 4) is 5.69 Å². The molecule has 1 aromatic carbocycles. The van der Waals surface area contributed by atoms with Gasteiger partial charge in [-0.1, -0.05) is 19.3 Å². The number of hydrogen-bond acceptors (Lipinski definition) is 4. The molecule has 8 heteroatoms. The molecule has 1 aromatic heterocycles. The van der Waals surface area contributed by atoms with E-state index in [1.54, 1.807) is 36.6 Å². The maximum absolute atomic E-state index is 12.7. The Balaban J connectivity index is 1.70. The quantitative estimate of drug-likeness (QED) is 0.489. The van der Waals surface area contributed by atoms with Crippen LogP contribution in [-0.4, -0.2) is 41.8 Å². The number of carbonyl (C=O) groups is 2. The topological polar surface area (TPSA) is 102 Å². The third-order valence-corrected chi connectivity index (χ3v) is 5.17. The SMILES string of the molecule is CNC(=O)[C@@H](NC(=O)c1ccn(-c2ccc([NH2+]OC)cc2)n1)C1CCCCC1. The predicted molar refractivity (Wildman–Crippen MR) is 104 cm³/mol. The Labute approximate surface area is 164 Å². The van der Waals surface area contributed by atoms with E-state index >= 15 is 0 Å². The van der Waals surface area contributed by atoms with Crippen LogP contribution in [-0.2, 0) is 9.63 Å². The van der Waals surface area contributed by atoms with Gasteiger partial charge in [0.15, 0.2) is 11.4 Å². The highest BCUT2D eigenvalue weighted by Gasteiger charge is 2.31. The molecule has 1 saturated carbocycles. The highest BCUT2D eigenvalue weighted by molar-refractivity contribution is 5.96. The van der Waals surface area contributed by atoms with Gasteiger partial charge in [0.1, 0.15) is 6.04 Å². The third kappa shape index (κ3) is 4.76. The number of amides is 2. The normalized spacial score (nSPS) is 15.8. The summed E-state index contributed by atoms with van der Waals surface area (Å²) >= 11 is 0. The number of quaternary nitrogens is 1. The van der Waals surface area contributed by atoms with Gasteiger partial charge in [-0.25, -0.2) is 9.52 Å². The fourth-order valence-electron chi connectivity index (χ4n) is 3.67. The lowest BCUT2D eigenvalue weighted by Crippen LogP contribution is -2.75. The molecule has 1 aliphatic rings. The van der Waals surface area contributed by atoms with Crippen LogP contribution in [0.15, 0.2) is 36.5 Å². The van der Waals surface area contributed by atoms with Gasteiger partial charge in [0.05, 0.1) is 12.8 Å². The molecule has 0 saturated heterocycles. The van der Waals surface area contributed by atoms with E-state index < -0.39 is 6.04 Å². The van der Waals surface area contributed by atoms with E-state index in [0.717, 1.165) is 37.1 Å². The zero-order valence-corrected chi connectivity index (χ0v) is 16.4. The van der Waals surface area contributed by atoms with Crippen molar-refractivity contribution >= 4 is 17.5 Å². The number of rotatable bonds is 7. The molecule has 3 rings (SSSR count). The number of likely N-dealkylation sites (N-methyl/N-ethyl adjacent to an activating group) is 1. The maximum Gasteiger partial charge on any atom is 0.272 e. The van der Waals surface area contributed by atoms with Gasteiger partial charge in [-0.05, 0) is 37.0 Å². The van der Waals surface area contributed by atoms with Crippen LogP contribution >= 0.6 is 0 Å². The van der Waals surface area contributed by atoms with Crippen molar-refractivity contribution in [1.82, 2.24) is 20.4 Å². The summed E-state index contributed by atoms with van der Waals surface area (Å²) in [5.74, 6) is -0.309. The first kappa shape index (κ1) is 20.0. The van der Waals surface area contributed by atoms with E-state index in [9.17, 15) is 9.59 Å². The number of carbonyl (C=O) groups excluding carboxylic acids is 2. The van der Waals surface area contributed by atoms with Crippen molar-refractivity contribution in [2.45, 2.75) is 38.1 Å². The van der Waals surface area contributed by atoms with E-state index in [0.29, 0.717) is 0 Å². The summed E-state index contributed by atoms with van der Waals surface area (Å²) < 4.78 is 1.64. The first-order valence-corrected chi connectivity index (χ1v) is 9.67. The van der Waals surface area contributed by atoms with Gasteiger partial charge in [0.25, 0.3) is 5.91 Å². The summed E-state index contributed by atoms with van der Waals surface area (Å²) in [5, 5.41) is 9.94. The van der Waals surface area contributed by atoms with Gasteiger partial charge in [0.2, 0.25) is 5.91 Å². The molecular formula is C20H28N5O3+. The van der Waals surface area contributed by atoms with Crippen LogP contribution in [0.5, 0.6) is 0 Å². The molecule has 8 nitrogen and oxygen atoms in total. The molecule has 4 N–H and O–H groups in total. The summed E-state index contributed by atoms with van der Waals surface area (Å²) in [6.07, 6.45) is 7.03. The van der Waals surface area contributed by atoms with E-state index in [4.69, 9.17) is 4.84 Å². The Morgan fingerprint density at radius 1 is 1.18 bits per heavy atom. The zero-order valence-electron chi connectivity index (χ0n) is 16.4. The monoisotopic (exact) mass is 386 g/mol. The van der Waals surface area contributed by atoms with Crippen molar-refractivity contribution in [2.75, 3.05) is 14.2 Å². The lowest BCUT2D eigenvalue weighted by Gasteiger charge is -2.29. The van der Waals surface area contributed by atoms with Crippen molar-refractivity contribution in [2.24, 2.45) is 5.92 Å². The second-order valence-electron chi connectivity index (χ2n) is 7.05. The number of aromatic nitrogens is 2. The molecule has 0 aliphatic heterocycles. The molecule has 2 aromatic rings. The molecule has 28 heavy (non-hydrogen) atoms. The summed E-state index contributed by atoms with van der Waals surface area (Å²) in [4.78, 5) is 30.0. The van der Waals surface area contributed by atoms with Gasteiger partial charge < -0.3 is 10.6 Å². The first-order chi connectivity index (χ1) is 13.6. The fraction of sp³-hybridized carbons (Fsp3) is 0.450. The number of nitrogens with one attached hydrogen (secondary N) is 2. The standard InChI is InChI=1S/C20H27N5O3/c1-21-20(27)18(14-6-4-3-5-7-14)22-19(26)17-12-13-25(23-17)16-10-8-15(9-11-16)24-28-2/h8-14,18,24H,3-7H2,1-2H3,(H,21,27)(H,22,26)/p+1/t18-/m0/s1. The number of nitrogens with zero attached hydrogens (tertiary/aromatic N) is 2. The lowest BCUT2D eigenvalue weighted by atomic mass is 9.83. The van der Waals surface area contributed by atoms with E-state index in [1.807, 2.05) is 24.3 Å². The largest absolute Gasteiger partial charge is 0.357 e. The van der Waals surface area contributed by atoms with Crippen LogP contribution in [0.25, 0.3) is 5.69 Å². The minimum Gasteiger partial charge on any atom is -0.357 e. The molecule has 150 valence electrons. The lowest BCUT2D eigenvalue weighted by molar-refractivity contribution is -0.830. The van der Waals surface area contributed by atoms with Crippen LogP contribution in [0, 0.1) is 5.92 Å². The van der Waals surface area contributed by atoms with E-state index in [2.05, 4.69) is 15.7 Å². The molecule has 0 spiro atoms. The average molecular weight is 386 g/mol. The van der Waals surface area contributed by atoms with Crippen LogP contribution in [0.1, 0.15) is 42.6 Å². The van der Waals surface area contributed by atoms with Gasteiger partial charge in [-0.3, -0.25) is 9.59 Å². The van der Waals surface area contributed by atoms with Crippen LogP contribution in [0.3, 0.4) is 0 Å². The molecule has 1 aliphatic carbocycles.